The van der Waals surface area contributed by atoms with Gasteiger partial charge in [-0.05, 0) is 61.5 Å². The van der Waals surface area contributed by atoms with Crippen LogP contribution in [0.2, 0.25) is 0 Å². The highest BCUT2D eigenvalue weighted by Crippen LogP contribution is 2.34. The summed E-state index contributed by atoms with van der Waals surface area (Å²) in [6.45, 7) is 6.27. The van der Waals surface area contributed by atoms with Gasteiger partial charge in [-0.15, -0.1) is 16.4 Å². The molecule has 2 amide bonds. The lowest BCUT2D eigenvalue weighted by Crippen LogP contribution is -2.50. The normalized spacial score (nSPS) is 13.5. The van der Waals surface area contributed by atoms with E-state index in [9.17, 15) is 9.59 Å². The van der Waals surface area contributed by atoms with Gasteiger partial charge in [0.2, 0.25) is 18.6 Å². The summed E-state index contributed by atoms with van der Waals surface area (Å²) in [5, 5.41) is 13.4. The molecule has 2 aromatic heterocycles. The largest absolute Gasteiger partial charge is 0.454 e. The Labute approximate surface area is 219 Å². The fourth-order valence-corrected chi connectivity index (χ4v) is 5.01. The minimum absolute atomic E-state index is 0.0581. The number of hydrogen-bond acceptors (Lipinski definition) is 7. The predicted octanol–water partition coefficient (Wildman–Crippen LogP) is 4.30. The van der Waals surface area contributed by atoms with Crippen molar-refractivity contribution in [1.82, 2.24) is 25.2 Å². The second-order valence-electron chi connectivity index (χ2n) is 9.59. The van der Waals surface area contributed by atoms with Gasteiger partial charge in [0.15, 0.2) is 11.5 Å². The number of hydrogen-bond donors (Lipinski definition) is 1. The molecule has 1 aliphatic rings. The number of nitrogens with one attached hydrogen (secondary N) is 1. The van der Waals surface area contributed by atoms with Gasteiger partial charge < -0.3 is 19.7 Å². The fraction of sp³-hybridized carbons (Fsp3) is 0.333. The van der Waals surface area contributed by atoms with Crippen LogP contribution in [-0.4, -0.2) is 44.0 Å². The number of benzene rings is 2. The molecule has 4 aromatic rings. The molecule has 3 heterocycles. The maximum atomic E-state index is 14.0. The van der Waals surface area contributed by atoms with E-state index in [4.69, 9.17) is 9.47 Å². The van der Waals surface area contributed by atoms with Crippen molar-refractivity contribution in [3.05, 3.63) is 70.4 Å². The van der Waals surface area contributed by atoms with Gasteiger partial charge in [-0.2, -0.15) is 0 Å². The lowest BCUT2D eigenvalue weighted by Gasteiger charge is -2.34. The Balaban J connectivity index is 1.52. The molecular formula is C27H29N5O4S. The maximum Gasteiger partial charge on any atom is 0.248 e. The number of thiophene rings is 1. The molecule has 37 heavy (non-hydrogen) atoms. The van der Waals surface area contributed by atoms with E-state index < -0.39 is 11.6 Å². The van der Waals surface area contributed by atoms with Crippen LogP contribution in [0.3, 0.4) is 0 Å². The zero-order chi connectivity index (χ0) is 26.0. The molecule has 0 fully saturated rings. The van der Waals surface area contributed by atoms with Crippen LogP contribution < -0.4 is 14.8 Å². The molecule has 0 saturated carbocycles. The molecule has 0 bridgehead atoms. The third-order valence-electron chi connectivity index (χ3n) is 6.53. The summed E-state index contributed by atoms with van der Waals surface area (Å²) in [5.41, 5.74) is 1.85. The van der Waals surface area contributed by atoms with E-state index in [1.807, 2.05) is 80.7 Å². The second-order valence-corrected chi connectivity index (χ2v) is 10.6. The summed E-state index contributed by atoms with van der Waals surface area (Å²) >= 11 is 1.45. The zero-order valence-electron chi connectivity index (χ0n) is 21.0. The van der Waals surface area contributed by atoms with Crippen LogP contribution in [0.15, 0.2) is 60.0 Å². The molecule has 2 aromatic carbocycles. The number of nitrogens with zero attached hydrogens (tertiary/aromatic N) is 4. The highest BCUT2D eigenvalue weighted by atomic mass is 32.1. The molecule has 1 atom stereocenters. The first kappa shape index (κ1) is 24.8. The number of rotatable bonds is 9. The lowest BCUT2D eigenvalue weighted by molar-refractivity contribution is -0.142. The average molecular weight is 520 g/mol. The Bertz CT molecular complexity index is 1420. The number of carbonyl (C=O) groups excluding carboxylic acids is 2. The molecule has 9 nitrogen and oxygen atoms in total. The zero-order valence-corrected chi connectivity index (χ0v) is 21.8. The van der Waals surface area contributed by atoms with Crippen molar-refractivity contribution >= 4 is 34.2 Å². The standard InChI is InChI=1S/C27H29N5O4S/c1-4-27(2,3)28-26(34)25(23-10-7-13-37-23)31(15-18-11-12-21-22(14-18)36-17-35-21)24(33)16-32-20-9-6-5-8-19(20)29-30-32/h5-14,25H,4,15-17H2,1-3H3,(H,28,34). The number of ether oxygens (including phenoxy) is 2. The molecule has 1 unspecified atom stereocenters. The van der Waals surface area contributed by atoms with E-state index in [0.29, 0.717) is 17.0 Å². The summed E-state index contributed by atoms with van der Waals surface area (Å²) in [6, 6.07) is 16.0. The number of amides is 2. The van der Waals surface area contributed by atoms with E-state index >= 15 is 0 Å². The van der Waals surface area contributed by atoms with Crippen molar-refractivity contribution in [2.24, 2.45) is 0 Å². The SMILES string of the molecule is CCC(C)(C)NC(=O)C(c1cccs1)N(Cc1ccc2c(c1)OCO2)C(=O)Cn1nnc2ccccc21. The van der Waals surface area contributed by atoms with Gasteiger partial charge in [-0.3, -0.25) is 9.59 Å². The Morgan fingerprint density at radius 2 is 1.95 bits per heavy atom. The Hall–Kier alpha value is -3.92. The molecule has 0 saturated heterocycles. The van der Waals surface area contributed by atoms with Gasteiger partial charge in [0.1, 0.15) is 18.1 Å². The first-order valence-electron chi connectivity index (χ1n) is 12.2. The smallest absolute Gasteiger partial charge is 0.248 e. The van der Waals surface area contributed by atoms with Crippen LogP contribution in [0.4, 0.5) is 0 Å². The van der Waals surface area contributed by atoms with Gasteiger partial charge in [0.25, 0.3) is 0 Å². The summed E-state index contributed by atoms with van der Waals surface area (Å²) in [5.74, 6) is 0.799. The summed E-state index contributed by atoms with van der Waals surface area (Å²) < 4.78 is 12.6. The third kappa shape index (κ3) is 5.29. The molecule has 0 aliphatic carbocycles. The summed E-state index contributed by atoms with van der Waals surface area (Å²) in [4.78, 5) is 30.1. The Morgan fingerprint density at radius 3 is 2.73 bits per heavy atom. The monoisotopic (exact) mass is 519 g/mol. The summed E-state index contributed by atoms with van der Waals surface area (Å²) in [6.07, 6.45) is 0.747. The lowest BCUT2D eigenvalue weighted by atomic mass is 10.0. The van der Waals surface area contributed by atoms with Crippen molar-refractivity contribution in [3.63, 3.8) is 0 Å². The quantitative estimate of drug-likeness (QED) is 0.354. The Morgan fingerprint density at radius 1 is 1.14 bits per heavy atom. The van der Waals surface area contributed by atoms with E-state index in [-0.39, 0.29) is 31.7 Å². The first-order chi connectivity index (χ1) is 17.8. The maximum absolute atomic E-state index is 14.0. The number of para-hydroxylation sites is 1. The number of fused-ring (bicyclic) bond motifs is 2. The van der Waals surface area contributed by atoms with Gasteiger partial charge in [-0.25, -0.2) is 4.68 Å². The van der Waals surface area contributed by atoms with Gasteiger partial charge in [0.05, 0.1) is 5.52 Å². The van der Waals surface area contributed by atoms with Crippen molar-refractivity contribution in [1.29, 1.82) is 0 Å². The molecule has 10 heteroatoms. The predicted molar refractivity (Wildman–Crippen MR) is 140 cm³/mol. The summed E-state index contributed by atoms with van der Waals surface area (Å²) in [7, 11) is 0. The van der Waals surface area contributed by atoms with Crippen LogP contribution >= 0.6 is 11.3 Å². The van der Waals surface area contributed by atoms with E-state index in [0.717, 1.165) is 22.4 Å². The van der Waals surface area contributed by atoms with E-state index in [1.165, 1.54) is 11.3 Å². The van der Waals surface area contributed by atoms with Crippen LogP contribution in [0.1, 0.15) is 43.7 Å². The van der Waals surface area contributed by atoms with E-state index in [2.05, 4.69) is 15.6 Å². The fourth-order valence-electron chi connectivity index (χ4n) is 4.17. The van der Waals surface area contributed by atoms with Crippen LogP contribution in [0.25, 0.3) is 11.0 Å². The average Bonchev–Trinajstić information content (AvgIpc) is 3.65. The minimum Gasteiger partial charge on any atom is -0.454 e. The molecule has 5 rings (SSSR count). The van der Waals surface area contributed by atoms with Crippen LogP contribution in [0, 0.1) is 0 Å². The Kier molecular flexibility index (Phi) is 6.84. The van der Waals surface area contributed by atoms with Crippen LogP contribution in [0.5, 0.6) is 11.5 Å². The molecular weight excluding hydrogens is 490 g/mol. The van der Waals surface area contributed by atoms with Crippen molar-refractivity contribution in [3.8, 4) is 11.5 Å². The van der Waals surface area contributed by atoms with Gasteiger partial charge in [-0.1, -0.05) is 36.4 Å². The van der Waals surface area contributed by atoms with Crippen molar-refractivity contribution in [2.75, 3.05) is 6.79 Å². The van der Waals surface area contributed by atoms with Crippen molar-refractivity contribution in [2.45, 2.75) is 51.9 Å². The van der Waals surface area contributed by atoms with Gasteiger partial charge >= 0.3 is 0 Å². The van der Waals surface area contributed by atoms with Crippen molar-refractivity contribution < 1.29 is 19.1 Å². The third-order valence-corrected chi connectivity index (χ3v) is 7.46. The highest BCUT2D eigenvalue weighted by Gasteiger charge is 2.35. The molecule has 1 N–H and O–H groups in total. The second kappa shape index (κ2) is 10.2. The van der Waals surface area contributed by atoms with Gasteiger partial charge in [0, 0.05) is 17.0 Å². The molecule has 1 aliphatic heterocycles. The highest BCUT2D eigenvalue weighted by molar-refractivity contribution is 7.10. The molecule has 192 valence electrons. The van der Waals surface area contributed by atoms with Crippen LogP contribution in [-0.2, 0) is 22.7 Å². The number of aromatic nitrogens is 3. The topological polar surface area (TPSA) is 98.6 Å². The molecule has 0 spiro atoms. The van der Waals surface area contributed by atoms with E-state index in [1.54, 1.807) is 9.58 Å². The minimum atomic E-state index is -0.821. The molecule has 0 radical (unpaired) electrons. The number of carbonyl (C=O) groups is 2. The first-order valence-corrected chi connectivity index (χ1v) is 13.0.